The summed E-state index contributed by atoms with van der Waals surface area (Å²) < 4.78 is 5.89. The molecule has 1 heterocycles. The van der Waals surface area contributed by atoms with E-state index >= 15 is 0 Å². The lowest BCUT2D eigenvalue weighted by atomic mass is 9.99. The van der Waals surface area contributed by atoms with Gasteiger partial charge in [0.1, 0.15) is 11.5 Å². The van der Waals surface area contributed by atoms with E-state index < -0.39 is 0 Å². The molecule has 0 fully saturated rings. The molecule has 0 atom stereocenters. The summed E-state index contributed by atoms with van der Waals surface area (Å²) in [6, 6.07) is 25.0. The number of carbonyl (C=O) groups is 1. The summed E-state index contributed by atoms with van der Waals surface area (Å²) in [7, 11) is 0. The van der Waals surface area contributed by atoms with E-state index in [-0.39, 0.29) is 18.3 Å². The van der Waals surface area contributed by atoms with Crippen LogP contribution in [-0.2, 0) is 4.79 Å². The van der Waals surface area contributed by atoms with Crippen LogP contribution in [0.15, 0.2) is 84.9 Å². The maximum Gasteiger partial charge on any atom is 0.260 e. The van der Waals surface area contributed by atoms with E-state index in [1.54, 1.807) is 12.1 Å². The number of ether oxygens (including phenoxy) is 1. The Morgan fingerprint density at radius 2 is 1.62 bits per heavy atom. The fraction of sp³-hybridized carbons (Fsp3) is 0.160. The zero-order chi connectivity index (χ0) is 20.1. The Kier molecular flexibility index (Phi) is 5.61. The molecule has 0 spiro atoms. The van der Waals surface area contributed by atoms with Crippen LogP contribution in [0.3, 0.4) is 0 Å². The van der Waals surface area contributed by atoms with Gasteiger partial charge in [0.15, 0.2) is 6.61 Å². The average Bonchev–Trinajstić information content (AvgIpc) is 2.79. The van der Waals surface area contributed by atoms with Gasteiger partial charge in [-0.2, -0.15) is 0 Å². The molecule has 0 aliphatic carbocycles. The number of carbonyl (C=O) groups excluding carboxylic acids is 1. The molecule has 0 radical (unpaired) electrons. The summed E-state index contributed by atoms with van der Waals surface area (Å²) in [5, 5.41) is 9.43. The fourth-order valence-corrected chi connectivity index (χ4v) is 3.51. The average molecular weight is 385 g/mol. The maximum absolute atomic E-state index is 12.6. The van der Waals surface area contributed by atoms with Crippen molar-refractivity contribution in [2.24, 2.45) is 0 Å². The van der Waals surface area contributed by atoms with Crippen molar-refractivity contribution in [3.05, 3.63) is 90.5 Å². The van der Waals surface area contributed by atoms with Crippen LogP contribution in [0.25, 0.3) is 16.7 Å². The van der Waals surface area contributed by atoms with E-state index in [9.17, 15) is 9.90 Å². The van der Waals surface area contributed by atoms with Gasteiger partial charge >= 0.3 is 0 Å². The molecule has 0 saturated carbocycles. The van der Waals surface area contributed by atoms with Gasteiger partial charge in [0, 0.05) is 18.7 Å². The molecule has 1 N–H and O–H groups in total. The number of hydrogen-bond acceptors (Lipinski definition) is 3. The van der Waals surface area contributed by atoms with Crippen molar-refractivity contribution in [3.8, 4) is 22.6 Å². The Bertz CT molecular complexity index is 1010. The van der Waals surface area contributed by atoms with Gasteiger partial charge in [0.2, 0.25) is 0 Å². The number of para-hydroxylation sites is 1. The molecule has 4 heteroatoms. The zero-order valence-corrected chi connectivity index (χ0v) is 16.1. The molecule has 0 aromatic heterocycles. The third-order valence-electron chi connectivity index (χ3n) is 5.12. The molecule has 0 unspecified atom stereocenters. The largest absolute Gasteiger partial charge is 0.508 e. The van der Waals surface area contributed by atoms with E-state index in [1.807, 2.05) is 71.6 Å². The molecule has 4 rings (SSSR count). The third kappa shape index (κ3) is 4.49. The molecule has 3 aromatic carbocycles. The maximum atomic E-state index is 12.6. The minimum atomic E-state index is -0.0196. The highest BCUT2D eigenvalue weighted by Crippen LogP contribution is 2.30. The van der Waals surface area contributed by atoms with E-state index in [0.29, 0.717) is 18.8 Å². The lowest BCUT2D eigenvalue weighted by Crippen LogP contribution is -2.37. The van der Waals surface area contributed by atoms with Crippen LogP contribution >= 0.6 is 0 Å². The van der Waals surface area contributed by atoms with E-state index in [0.717, 1.165) is 23.1 Å². The SMILES string of the molecule is O=C(COc1ccccc1-c1ccccc1)N1CC=C(c2ccc(O)cc2)CC1. The lowest BCUT2D eigenvalue weighted by Gasteiger charge is -2.27. The van der Waals surface area contributed by atoms with Gasteiger partial charge in [-0.15, -0.1) is 0 Å². The molecule has 0 bridgehead atoms. The smallest absolute Gasteiger partial charge is 0.260 e. The highest BCUT2D eigenvalue weighted by atomic mass is 16.5. The van der Waals surface area contributed by atoms with Crippen molar-refractivity contribution < 1.29 is 14.6 Å². The van der Waals surface area contributed by atoms with Crippen molar-refractivity contribution >= 4 is 11.5 Å². The molecular formula is C25H23NO3. The number of rotatable bonds is 5. The van der Waals surface area contributed by atoms with Gasteiger partial charge in [0.05, 0.1) is 0 Å². The van der Waals surface area contributed by atoms with Crippen molar-refractivity contribution in [1.82, 2.24) is 4.90 Å². The molecule has 1 aliphatic rings. The number of benzene rings is 3. The second-order valence-corrected chi connectivity index (χ2v) is 7.02. The van der Waals surface area contributed by atoms with Gasteiger partial charge in [-0.05, 0) is 41.3 Å². The Morgan fingerprint density at radius 3 is 2.34 bits per heavy atom. The lowest BCUT2D eigenvalue weighted by molar-refractivity contribution is -0.132. The minimum absolute atomic E-state index is 0.0196. The third-order valence-corrected chi connectivity index (χ3v) is 5.12. The molecule has 146 valence electrons. The van der Waals surface area contributed by atoms with Crippen LogP contribution in [0.4, 0.5) is 0 Å². The van der Waals surface area contributed by atoms with Gasteiger partial charge in [-0.25, -0.2) is 0 Å². The van der Waals surface area contributed by atoms with Crippen LogP contribution in [-0.4, -0.2) is 35.6 Å². The Hall–Kier alpha value is -3.53. The van der Waals surface area contributed by atoms with E-state index in [4.69, 9.17) is 4.74 Å². The number of amides is 1. The quantitative estimate of drug-likeness (QED) is 0.689. The first-order valence-electron chi connectivity index (χ1n) is 9.74. The van der Waals surface area contributed by atoms with Crippen LogP contribution in [0.5, 0.6) is 11.5 Å². The minimum Gasteiger partial charge on any atom is -0.508 e. The predicted octanol–water partition coefficient (Wildman–Crippen LogP) is 4.75. The van der Waals surface area contributed by atoms with Crippen molar-refractivity contribution in [2.45, 2.75) is 6.42 Å². The molecule has 0 saturated heterocycles. The van der Waals surface area contributed by atoms with Gasteiger partial charge in [-0.3, -0.25) is 4.79 Å². The van der Waals surface area contributed by atoms with Crippen molar-refractivity contribution in [1.29, 1.82) is 0 Å². The summed E-state index contributed by atoms with van der Waals surface area (Å²) in [6.45, 7) is 1.25. The molecule has 3 aromatic rings. The Morgan fingerprint density at radius 1 is 0.897 bits per heavy atom. The van der Waals surface area contributed by atoms with Gasteiger partial charge in [-0.1, -0.05) is 66.7 Å². The normalized spacial score (nSPS) is 13.7. The number of aromatic hydroxyl groups is 1. The van der Waals surface area contributed by atoms with Crippen LogP contribution in [0, 0.1) is 0 Å². The molecular weight excluding hydrogens is 362 g/mol. The first kappa shape index (κ1) is 18.8. The first-order chi connectivity index (χ1) is 14.2. The van der Waals surface area contributed by atoms with E-state index in [1.165, 1.54) is 5.57 Å². The summed E-state index contributed by atoms with van der Waals surface area (Å²) in [5.41, 5.74) is 4.33. The first-order valence-corrected chi connectivity index (χ1v) is 9.74. The molecule has 1 aliphatic heterocycles. The number of phenolic OH excluding ortho intramolecular Hbond substituents is 1. The highest BCUT2D eigenvalue weighted by Gasteiger charge is 2.19. The number of phenols is 1. The Balaban J connectivity index is 1.38. The number of hydrogen-bond donors (Lipinski definition) is 1. The fourth-order valence-electron chi connectivity index (χ4n) is 3.51. The van der Waals surface area contributed by atoms with E-state index in [2.05, 4.69) is 6.08 Å². The summed E-state index contributed by atoms with van der Waals surface area (Å²) >= 11 is 0. The van der Waals surface area contributed by atoms with Crippen LogP contribution in [0.1, 0.15) is 12.0 Å². The summed E-state index contributed by atoms with van der Waals surface area (Å²) in [4.78, 5) is 14.5. The summed E-state index contributed by atoms with van der Waals surface area (Å²) in [5.74, 6) is 0.952. The molecule has 29 heavy (non-hydrogen) atoms. The summed E-state index contributed by atoms with van der Waals surface area (Å²) in [6.07, 6.45) is 2.86. The number of nitrogens with zero attached hydrogens (tertiary/aromatic N) is 1. The van der Waals surface area contributed by atoms with Crippen LogP contribution in [0.2, 0.25) is 0 Å². The second kappa shape index (κ2) is 8.65. The predicted molar refractivity (Wildman–Crippen MR) is 115 cm³/mol. The van der Waals surface area contributed by atoms with Gasteiger partial charge < -0.3 is 14.7 Å². The zero-order valence-electron chi connectivity index (χ0n) is 16.1. The monoisotopic (exact) mass is 385 g/mol. The standard InChI is InChI=1S/C25H23NO3/c27-22-12-10-19(11-13-22)20-14-16-26(17-15-20)25(28)18-29-24-9-5-4-8-23(24)21-6-2-1-3-7-21/h1-14,27H,15-18H2. The molecule has 1 amide bonds. The van der Waals surface area contributed by atoms with Crippen LogP contribution < -0.4 is 4.74 Å². The second-order valence-electron chi connectivity index (χ2n) is 7.02. The van der Waals surface area contributed by atoms with Gasteiger partial charge in [0.25, 0.3) is 5.91 Å². The molecule has 4 nitrogen and oxygen atoms in total. The van der Waals surface area contributed by atoms with Crippen molar-refractivity contribution in [2.75, 3.05) is 19.7 Å². The highest BCUT2D eigenvalue weighted by molar-refractivity contribution is 5.80. The van der Waals surface area contributed by atoms with Crippen molar-refractivity contribution in [3.63, 3.8) is 0 Å². The Labute approximate surface area is 170 Å². The topological polar surface area (TPSA) is 49.8 Å².